The van der Waals surface area contributed by atoms with Crippen molar-refractivity contribution in [3.8, 4) is 0 Å². The fraction of sp³-hybridized carbons (Fsp3) is 0.933. The highest BCUT2D eigenvalue weighted by atomic mass is 16.2. The zero-order valence-corrected chi connectivity index (χ0v) is 12.2. The van der Waals surface area contributed by atoms with Gasteiger partial charge in [-0.1, -0.05) is 39.5 Å². The van der Waals surface area contributed by atoms with Crippen molar-refractivity contribution in [1.29, 1.82) is 0 Å². The second-order valence-corrected chi connectivity index (χ2v) is 6.06. The number of carbonyl (C=O) groups excluding carboxylic acids is 1. The third-order valence-corrected chi connectivity index (χ3v) is 4.72. The normalized spacial score (nSPS) is 28.3. The summed E-state index contributed by atoms with van der Waals surface area (Å²) in [4.78, 5) is 14.9. The summed E-state index contributed by atoms with van der Waals surface area (Å²) in [6.45, 7) is 6.61. The van der Waals surface area contributed by atoms with E-state index < -0.39 is 0 Å². The minimum atomic E-state index is -0.193. The first kappa shape index (κ1) is 13.9. The van der Waals surface area contributed by atoms with E-state index >= 15 is 0 Å². The van der Waals surface area contributed by atoms with Crippen LogP contribution < -0.4 is 5.32 Å². The molecule has 0 aromatic heterocycles. The first-order chi connectivity index (χ1) is 8.64. The average molecular weight is 252 g/mol. The van der Waals surface area contributed by atoms with E-state index in [-0.39, 0.29) is 11.7 Å². The Balaban J connectivity index is 2.10. The number of unbranched alkanes of at least 4 members (excludes halogenated alkanes) is 1. The van der Waals surface area contributed by atoms with Gasteiger partial charge in [0, 0.05) is 6.04 Å². The number of nitrogens with zero attached hydrogens (tertiary/aromatic N) is 1. The molecule has 1 amide bonds. The van der Waals surface area contributed by atoms with E-state index in [9.17, 15) is 4.79 Å². The predicted octanol–water partition coefficient (Wildman–Crippen LogP) is 3.05. The van der Waals surface area contributed by atoms with Crippen LogP contribution in [0.3, 0.4) is 0 Å². The van der Waals surface area contributed by atoms with Gasteiger partial charge in [-0.3, -0.25) is 10.1 Å². The van der Waals surface area contributed by atoms with Gasteiger partial charge in [-0.2, -0.15) is 0 Å². The maximum atomic E-state index is 12.8. The summed E-state index contributed by atoms with van der Waals surface area (Å²) in [5, 5.41) is 3.65. The Morgan fingerprint density at radius 3 is 2.61 bits per heavy atom. The molecule has 2 aliphatic rings. The zero-order valence-electron chi connectivity index (χ0n) is 12.2. The van der Waals surface area contributed by atoms with Crippen LogP contribution in [0.4, 0.5) is 0 Å². The monoisotopic (exact) mass is 252 g/mol. The predicted molar refractivity (Wildman–Crippen MR) is 74.2 cm³/mol. The van der Waals surface area contributed by atoms with Gasteiger partial charge in [0.15, 0.2) is 0 Å². The molecule has 3 heteroatoms. The number of hydrogen-bond donors (Lipinski definition) is 1. The van der Waals surface area contributed by atoms with Gasteiger partial charge in [0.25, 0.3) is 0 Å². The van der Waals surface area contributed by atoms with Gasteiger partial charge in [-0.15, -0.1) is 0 Å². The summed E-state index contributed by atoms with van der Waals surface area (Å²) in [7, 11) is 0. The molecule has 2 atom stereocenters. The summed E-state index contributed by atoms with van der Waals surface area (Å²) in [6.07, 6.45) is 9.33. The Kier molecular flexibility index (Phi) is 4.31. The first-order valence-corrected chi connectivity index (χ1v) is 7.75. The molecule has 0 radical (unpaired) electrons. The van der Waals surface area contributed by atoms with Gasteiger partial charge in [0.05, 0.1) is 11.7 Å². The second kappa shape index (κ2) is 5.60. The van der Waals surface area contributed by atoms with Crippen molar-refractivity contribution in [2.75, 3.05) is 0 Å². The first-order valence-electron chi connectivity index (χ1n) is 7.75. The Labute approximate surface area is 111 Å². The molecular weight excluding hydrogens is 224 g/mol. The smallest absolute Gasteiger partial charge is 0.244 e. The summed E-state index contributed by atoms with van der Waals surface area (Å²) in [6, 6.07) is 0.384. The standard InChI is InChI=1S/C15H28N2O/c1-4-6-9-12(3)17-13(5-2)16-15(14(17)18)10-7-8-11-15/h12-13,16H,4-11H2,1-3H3. The van der Waals surface area contributed by atoms with Crippen molar-refractivity contribution < 1.29 is 4.79 Å². The highest BCUT2D eigenvalue weighted by Crippen LogP contribution is 2.38. The highest BCUT2D eigenvalue weighted by Gasteiger charge is 2.52. The molecule has 104 valence electrons. The van der Waals surface area contributed by atoms with Gasteiger partial charge in [-0.25, -0.2) is 0 Å². The Morgan fingerprint density at radius 1 is 1.39 bits per heavy atom. The van der Waals surface area contributed by atoms with Crippen LogP contribution in [0.5, 0.6) is 0 Å². The maximum Gasteiger partial charge on any atom is 0.244 e. The lowest BCUT2D eigenvalue weighted by Gasteiger charge is -2.30. The quantitative estimate of drug-likeness (QED) is 0.815. The summed E-state index contributed by atoms with van der Waals surface area (Å²) in [5.41, 5.74) is -0.193. The molecule has 1 spiro atoms. The minimum absolute atomic E-state index is 0.193. The van der Waals surface area contributed by atoms with Crippen molar-refractivity contribution >= 4 is 5.91 Å². The van der Waals surface area contributed by atoms with Crippen LogP contribution in [0, 0.1) is 0 Å². The van der Waals surface area contributed by atoms with Gasteiger partial charge in [0.1, 0.15) is 0 Å². The molecule has 3 nitrogen and oxygen atoms in total. The van der Waals surface area contributed by atoms with E-state index in [0.717, 1.165) is 25.7 Å². The number of nitrogens with one attached hydrogen (secondary N) is 1. The van der Waals surface area contributed by atoms with Crippen molar-refractivity contribution in [1.82, 2.24) is 10.2 Å². The molecule has 0 bridgehead atoms. The largest absolute Gasteiger partial charge is 0.323 e. The maximum absolute atomic E-state index is 12.8. The van der Waals surface area contributed by atoms with Crippen LogP contribution in [-0.4, -0.2) is 28.6 Å². The van der Waals surface area contributed by atoms with Crippen molar-refractivity contribution in [2.45, 2.75) is 89.9 Å². The van der Waals surface area contributed by atoms with Crippen molar-refractivity contribution in [3.05, 3.63) is 0 Å². The Hall–Kier alpha value is -0.570. The van der Waals surface area contributed by atoms with Gasteiger partial charge < -0.3 is 4.90 Å². The molecule has 18 heavy (non-hydrogen) atoms. The molecular formula is C15H28N2O. The lowest BCUT2D eigenvalue weighted by Crippen LogP contribution is -2.45. The van der Waals surface area contributed by atoms with Crippen LogP contribution in [0.25, 0.3) is 0 Å². The summed E-state index contributed by atoms with van der Waals surface area (Å²) >= 11 is 0. The van der Waals surface area contributed by atoms with Crippen molar-refractivity contribution in [3.63, 3.8) is 0 Å². The molecule has 1 aliphatic carbocycles. The van der Waals surface area contributed by atoms with Crippen LogP contribution in [0.2, 0.25) is 0 Å². The molecule has 0 aromatic carbocycles. The highest BCUT2D eigenvalue weighted by molar-refractivity contribution is 5.89. The second-order valence-electron chi connectivity index (χ2n) is 6.06. The fourth-order valence-corrected chi connectivity index (χ4v) is 3.62. The van der Waals surface area contributed by atoms with E-state index in [1.165, 1.54) is 25.7 Å². The molecule has 2 fully saturated rings. The molecule has 2 rings (SSSR count). The van der Waals surface area contributed by atoms with Crippen molar-refractivity contribution in [2.24, 2.45) is 0 Å². The topological polar surface area (TPSA) is 32.3 Å². The number of rotatable bonds is 5. The molecule has 1 saturated heterocycles. The van der Waals surface area contributed by atoms with Gasteiger partial charge in [0.2, 0.25) is 5.91 Å². The number of carbonyl (C=O) groups is 1. The van der Waals surface area contributed by atoms with Crippen LogP contribution in [0.15, 0.2) is 0 Å². The Bertz CT molecular complexity index is 297. The average Bonchev–Trinajstić information content (AvgIpc) is 2.94. The van der Waals surface area contributed by atoms with Gasteiger partial charge in [-0.05, 0) is 32.6 Å². The lowest BCUT2D eigenvalue weighted by atomic mass is 9.97. The Morgan fingerprint density at radius 2 is 2.06 bits per heavy atom. The van der Waals surface area contributed by atoms with Gasteiger partial charge >= 0.3 is 0 Å². The van der Waals surface area contributed by atoms with E-state index in [1.807, 2.05) is 0 Å². The molecule has 1 saturated carbocycles. The van der Waals surface area contributed by atoms with Crippen LogP contribution >= 0.6 is 0 Å². The summed E-state index contributed by atoms with van der Waals surface area (Å²) in [5.74, 6) is 0.385. The zero-order chi connectivity index (χ0) is 13.2. The SMILES string of the molecule is CCCCC(C)N1C(=O)C2(CCCC2)NC1CC. The molecule has 0 aromatic rings. The van der Waals surface area contributed by atoms with E-state index in [1.54, 1.807) is 0 Å². The summed E-state index contributed by atoms with van der Waals surface area (Å²) < 4.78 is 0. The molecule has 1 heterocycles. The fourth-order valence-electron chi connectivity index (χ4n) is 3.62. The van der Waals surface area contributed by atoms with E-state index in [0.29, 0.717) is 11.9 Å². The molecule has 2 unspecified atom stereocenters. The van der Waals surface area contributed by atoms with Crippen LogP contribution in [-0.2, 0) is 4.79 Å². The van der Waals surface area contributed by atoms with E-state index in [2.05, 4.69) is 31.0 Å². The van der Waals surface area contributed by atoms with E-state index in [4.69, 9.17) is 0 Å². The molecule has 1 N–H and O–H groups in total. The minimum Gasteiger partial charge on any atom is -0.323 e. The lowest BCUT2D eigenvalue weighted by molar-refractivity contribution is -0.135. The molecule has 1 aliphatic heterocycles. The third-order valence-electron chi connectivity index (χ3n) is 4.72. The van der Waals surface area contributed by atoms with Crippen LogP contribution in [0.1, 0.15) is 72.1 Å². The third kappa shape index (κ3) is 2.29. The number of hydrogen-bond acceptors (Lipinski definition) is 2. The number of amides is 1.